The highest BCUT2D eigenvalue weighted by molar-refractivity contribution is 5.99. The lowest BCUT2D eigenvalue weighted by molar-refractivity contribution is 0.0682. The van der Waals surface area contributed by atoms with Crippen LogP contribution in [0.5, 0.6) is 0 Å². The van der Waals surface area contributed by atoms with Crippen LogP contribution in [-0.4, -0.2) is 41.3 Å². The molecule has 1 aliphatic heterocycles. The van der Waals surface area contributed by atoms with Gasteiger partial charge in [0.2, 0.25) is 0 Å². The third-order valence-corrected chi connectivity index (χ3v) is 5.31. The van der Waals surface area contributed by atoms with Crippen molar-refractivity contribution in [1.82, 2.24) is 15.2 Å². The average Bonchev–Trinajstić information content (AvgIpc) is 2.68. The van der Waals surface area contributed by atoms with Gasteiger partial charge in [-0.1, -0.05) is 18.6 Å². The quantitative estimate of drug-likeness (QED) is 0.821. The Morgan fingerprint density at radius 3 is 2.85 bits per heavy atom. The van der Waals surface area contributed by atoms with Crippen LogP contribution in [0.3, 0.4) is 0 Å². The van der Waals surface area contributed by atoms with Gasteiger partial charge in [-0.05, 0) is 56.9 Å². The summed E-state index contributed by atoms with van der Waals surface area (Å²) < 4.78 is 0. The summed E-state index contributed by atoms with van der Waals surface area (Å²) in [6.45, 7) is 4.37. The third-order valence-electron chi connectivity index (χ3n) is 5.31. The molecule has 2 heterocycles. The first-order valence-corrected chi connectivity index (χ1v) is 9.84. The van der Waals surface area contributed by atoms with E-state index in [9.17, 15) is 9.59 Å². The highest BCUT2D eigenvalue weighted by Crippen LogP contribution is 2.20. The molecule has 1 unspecified atom stereocenters. The minimum Gasteiger partial charge on any atom is -0.352 e. The Hall–Kier alpha value is -2.17. The predicted molar refractivity (Wildman–Crippen MR) is 102 cm³/mol. The summed E-state index contributed by atoms with van der Waals surface area (Å²) in [6, 6.07) is 1.67. The number of hydrogen-bond donors (Lipinski definition) is 1. The maximum atomic E-state index is 12.7. The molecule has 1 aliphatic carbocycles. The van der Waals surface area contributed by atoms with Crippen molar-refractivity contribution in [1.29, 1.82) is 0 Å². The summed E-state index contributed by atoms with van der Waals surface area (Å²) in [5, 5.41) is 2.95. The molecule has 0 spiro atoms. The Balaban J connectivity index is 1.56. The molecule has 140 valence electrons. The minimum absolute atomic E-state index is 0.0222. The molecule has 26 heavy (non-hydrogen) atoms. The van der Waals surface area contributed by atoms with Crippen molar-refractivity contribution >= 4 is 11.8 Å². The molecule has 2 aliphatic rings. The van der Waals surface area contributed by atoms with Gasteiger partial charge in [-0.2, -0.15) is 0 Å². The van der Waals surface area contributed by atoms with Crippen LogP contribution in [0.2, 0.25) is 0 Å². The summed E-state index contributed by atoms with van der Waals surface area (Å²) in [7, 11) is 0. The number of amides is 2. The molecule has 5 heteroatoms. The van der Waals surface area contributed by atoms with E-state index in [0.29, 0.717) is 23.6 Å². The Morgan fingerprint density at radius 1 is 1.23 bits per heavy atom. The van der Waals surface area contributed by atoms with Gasteiger partial charge < -0.3 is 10.2 Å². The van der Waals surface area contributed by atoms with E-state index in [1.807, 2.05) is 4.90 Å². The number of aromatic nitrogens is 1. The number of piperidine rings is 1. The van der Waals surface area contributed by atoms with Gasteiger partial charge in [0.05, 0.1) is 11.1 Å². The van der Waals surface area contributed by atoms with Crippen LogP contribution in [0.15, 0.2) is 30.1 Å². The summed E-state index contributed by atoms with van der Waals surface area (Å²) in [6.07, 6.45) is 13.3. The zero-order valence-electron chi connectivity index (χ0n) is 15.7. The number of allylic oxidation sites excluding steroid dienone is 1. The molecule has 0 bridgehead atoms. The molecule has 0 radical (unpaired) electrons. The van der Waals surface area contributed by atoms with Crippen molar-refractivity contribution < 1.29 is 9.59 Å². The van der Waals surface area contributed by atoms with E-state index in [1.54, 1.807) is 12.3 Å². The Morgan fingerprint density at radius 2 is 2.08 bits per heavy atom. The highest BCUT2D eigenvalue weighted by atomic mass is 16.2. The zero-order valence-corrected chi connectivity index (χ0v) is 15.7. The Bertz CT molecular complexity index is 684. The predicted octanol–water partition coefficient (Wildman–Crippen LogP) is 3.57. The molecule has 1 fully saturated rings. The van der Waals surface area contributed by atoms with Gasteiger partial charge in [0, 0.05) is 32.0 Å². The van der Waals surface area contributed by atoms with Gasteiger partial charge in [0.1, 0.15) is 0 Å². The van der Waals surface area contributed by atoms with Crippen LogP contribution >= 0.6 is 0 Å². The fourth-order valence-corrected chi connectivity index (χ4v) is 3.81. The molecule has 1 N–H and O–H groups in total. The van der Waals surface area contributed by atoms with E-state index < -0.39 is 0 Å². The summed E-state index contributed by atoms with van der Waals surface area (Å²) in [4.78, 5) is 31.1. The maximum absolute atomic E-state index is 12.7. The van der Waals surface area contributed by atoms with Crippen molar-refractivity contribution in [2.24, 2.45) is 5.92 Å². The molecule has 1 aromatic heterocycles. The lowest BCUT2D eigenvalue weighted by Gasteiger charge is -2.30. The van der Waals surface area contributed by atoms with E-state index in [0.717, 1.165) is 38.8 Å². The second-order valence-corrected chi connectivity index (χ2v) is 7.57. The van der Waals surface area contributed by atoms with E-state index >= 15 is 0 Å². The number of rotatable bonds is 5. The second-order valence-electron chi connectivity index (χ2n) is 7.57. The lowest BCUT2D eigenvalue weighted by atomic mass is 9.97. The van der Waals surface area contributed by atoms with Crippen LogP contribution in [0.4, 0.5) is 0 Å². The molecule has 5 nitrogen and oxygen atoms in total. The number of carbonyl (C=O) groups is 2. The highest BCUT2D eigenvalue weighted by Gasteiger charge is 2.23. The molecular formula is C21H29N3O2. The van der Waals surface area contributed by atoms with Crippen molar-refractivity contribution in [2.75, 3.05) is 19.6 Å². The van der Waals surface area contributed by atoms with Crippen molar-refractivity contribution in [3.05, 3.63) is 41.2 Å². The maximum Gasteiger partial charge on any atom is 0.255 e. The van der Waals surface area contributed by atoms with E-state index in [-0.39, 0.29) is 11.8 Å². The first-order chi connectivity index (χ1) is 12.6. The van der Waals surface area contributed by atoms with E-state index in [2.05, 4.69) is 23.3 Å². The summed E-state index contributed by atoms with van der Waals surface area (Å²) in [5.41, 5.74) is 2.40. The largest absolute Gasteiger partial charge is 0.352 e. The smallest absolute Gasteiger partial charge is 0.255 e. The van der Waals surface area contributed by atoms with Crippen molar-refractivity contribution in [3.63, 3.8) is 0 Å². The molecule has 3 rings (SSSR count). The normalized spacial score (nSPS) is 20.4. The lowest BCUT2D eigenvalue weighted by Crippen LogP contribution is -2.39. The third kappa shape index (κ3) is 4.93. The second kappa shape index (κ2) is 8.97. The van der Waals surface area contributed by atoms with Crippen LogP contribution in [0.1, 0.15) is 72.6 Å². The fourth-order valence-electron chi connectivity index (χ4n) is 3.81. The van der Waals surface area contributed by atoms with E-state index in [1.165, 1.54) is 31.0 Å². The number of hydrogen-bond acceptors (Lipinski definition) is 3. The van der Waals surface area contributed by atoms with Crippen LogP contribution < -0.4 is 5.32 Å². The number of likely N-dealkylation sites (tertiary alicyclic amines) is 1. The number of carbonyl (C=O) groups excluding carboxylic acids is 2. The Labute approximate surface area is 155 Å². The standard InChI is InChI=1S/C21H29N3O2/c1-16-6-5-11-24(15-16)21(26)19-12-18(13-22-14-19)20(25)23-10-9-17-7-3-2-4-8-17/h7,12-14,16H,2-6,8-11,15H2,1H3,(H,23,25). The number of nitrogens with zero attached hydrogens (tertiary/aromatic N) is 2. The van der Waals surface area contributed by atoms with Gasteiger partial charge in [-0.15, -0.1) is 0 Å². The molecular weight excluding hydrogens is 326 g/mol. The van der Waals surface area contributed by atoms with Crippen molar-refractivity contribution in [2.45, 2.75) is 51.9 Å². The average molecular weight is 355 g/mol. The molecule has 1 saturated heterocycles. The van der Waals surface area contributed by atoms with Crippen molar-refractivity contribution in [3.8, 4) is 0 Å². The topological polar surface area (TPSA) is 62.3 Å². The van der Waals surface area contributed by atoms with Gasteiger partial charge in [-0.25, -0.2) is 0 Å². The first kappa shape index (κ1) is 18.6. The summed E-state index contributed by atoms with van der Waals surface area (Å²) in [5.74, 6) is 0.350. The number of pyridine rings is 1. The fraction of sp³-hybridized carbons (Fsp3) is 0.571. The molecule has 1 aromatic rings. The van der Waals surface area contributed by atoms with Crippen LogP contribution in [0, 0.1) is 5.92 Å². The zero-order chi connectivity index (χ0) is 18.4. The van der Waals surface area contributed by atoms with Gasteiger partial charge in [0.15, 0.2) is 0 Å². The van der Waals surface area contributed by atoms with Gasteiger partial charge in [0.25, 0.3) is 11.8 Å². The summed E-state index contributed by atoms with van der Waals surface area (Å²) >= 11 is 0. The Kier molecular flexibility index (Phi) is 6.42. The molecule has 2 amide bonds. The monoisotopic (exact) mass is 355 g/mol. The number of nitrogens with one attached hydrogen (secondary N) is 1. The first-order valence-electron chi connectivity index (χ1n) is 9.84. The van der Waals surface area contributed by atoms with Crippen LogP contribution in [0.25, 0.3) is 0 Å². The van der Waals surface area contributed by atoms with Crippen LogP contribution in [-0.2, 0) is 0 Å². The van der Waals surface area contributed by atoms with E-state index in [4.69, 9.17) is 0 Å². The minimum atomic E-state index is -0.157. The molecule has 0 saturated carbocycles. The SMILES string of the molecule is CC1CCCN(C(=O)c2cncc(C(=O)NCCC3=CCCCC3)c2)C1. The molecule has 0 aromatic carbocycles. The molecule has 1 atom stereocenters. The van der Waals surface area contributed by atoms with Gasteiger partial charge in [-0.3, -0.25) is 14.6 Å². The van der Waals surface area contributed by atoms with Gasteiger partial charge >= 0.3 is 0 Å².